The molecule has 172 valence electrons. The Bertz CT molecular complexity index is 1120. The monoisotopic (exact) mass is 449 g/mol. The Morgan fingerprint density at radius 3 is 2.58 bits per heavy atom. The molecule has 0 saturated carbocycles. The number of esters is 1. The van der Waals surface area contributed by atoms with Gasteiger partial charge in [-0.15, -0.1) is 0 Å². The lowest BCUT2D eigenvalue weighted by Crippen LogP contribution is -2.35. The second kappa shape index (κ2) is 11.0. The Morgan fingerprint density at radius 2 is 1.94 bits per heavy atom. The first-order valence-corrected chi connectivity index (χ1v) is 10.7. The van der Waals surface area contributed by atoms with E-state index >= 15 is 0 Å². The van der Waals surface area contributed by atoms with Crippen LogP contribution in [0.3, 0.4) is 0 Å². The van der Waals surface area contributed by atoms with Gasteiger partial charge in [0.15, 0.2) is 6.61 Å². The number of anilines is 1. The normalized spacial score (nSPS) is 10.5. The molecular formula is C25H27N3O5. The van der Waals surface area contributed by atoms with Crippen LogP contribution in [0.5, 0.6) is 5.75 Å². The molecule has 0 unspecified atom stereocenters. The molecule has 0 aliphatic rings. The number of aromatic nitrogens is 1. The minimum absolute atomic E-state index is 0.154. The number of nitrogens with zero attached hydrogens (tertiary/aromatic N) is 3. The Labute approximate surface area is 192 Å². The van der Waals surface area contributed by atoms with Crippen molar-refractivity contribution in [1.29, 1.82) is 5.26 Å². The summed E-state index contributed by atoms with van der Waals surface area (Å²) in [5.41, 5.74) is 2.62. The third-order valence-corrected chi connectivity index (χ3v) is 5.22. The third kappa shape index (κ3) is 5.83. The van der Waals surface area contributed by atoms with E-state index in [9.17, 15) is 9.59 Å². The first-order valence-electron chi connectivity index (χ1n) is 10.7. The van der Waals surface area contributed by atoms with E-state index in [0.29, 0.717) is 30.2 Å². The number of rotatable bonds is 10. The average Bonchev–Trinajstić information content (AvgIpc) is 3.43. The molecule has 8 nitrogen and oxygen atoms in total. The Balaban J connectivity index is 1.68. The lowest BCUT2D eigenvalue weighted by atomic mass is 10.2. The Morgan fingerprint density at radius 1 is 1.18 bits per heavy atom. The van der Waals surface area contributed by atoms with E-state index in [1.54, 1.807) is 36.6 Å². The lowest BCUT2D eigenvalue weighted by molar-refractivity contribution is -0.121. The Kier molecular flexibility index (Phi) is 7.92. The summed E-state index contributed by atoms with van der Waals surface area (Å²) in [6, 6.07) is 14.5. The lowest BCUT2D eigenvalue weighted by Gasteiger charge is -2.22. The fourth-order valence-corrected chi connectivity index (χ4v) is 3.54. The number of hydrogen-bond acceptors (Lipinski definition) is 6. The van der Waals surface area contributed by atoms with Crippen molar-refractivity contribution in [2.24, 2.45) is 0 Å². The number of amides is 1. The van der Waals surface area contributed by atoms with E-state index in [4.69, 9.17) is 19.2 Å². The largest absolute Gasteiger partial charge is 0.494 e. The molecule has 0 fully saturated rings. The number of hydrogen-bond donors (Lipinski definition) is 0. The van der Waals surface area contributed by atoms with Crippen molar-refractivity contribution in [3.05, 3.63) is 71.4 Å². The van der Waals surface area contributed by atoms with Gasteiger partial charge in [-0.05, 0) is 63.2 Å². The van der Waals surface area contributed by atoms with Crippen molar-refractivity contribution < 1.29 is 23.5 Å². The maximum Gasteiger partial charge on any atom is 0.340 e. The van der Waals surface area contributed by atoms with Crippen LogP contribution in [-0.4, -0.2) is 36.2 Å². The van der Waals surface area contributed by atoms with Crippen LogP contribution in [0.4, 0.5) is 5.69 Å². The summed E-state index contributed by atoms with van der Waals surface area (Å²) in [5.74, 6) is 0.474. The summed E-state index contributed by atoms with van der Waals surface area (Å²) in [5, 5.41) is 8.97. The molecule has 33 heavy (non-hydrogen) atoms. The number of carbonyl (C=O) groups is 2. The fourth-order valence-electron chi connectivity index (χ4n) is 3.54. The zero-order valence-corrected chi connectivity index (χ0v) is 19.0. The van der Waals surface area contributed by atoms with Gasteiger partial charge in [-0.25, -0.2) is 4.79 Å². The van der Waals surface area contributed by atoms with Gasteiger partial charge in [0.1, 0.15) is 11.5 Å². The molecule has 8 heteroatoms. The summed E-state index contributed by atoms with van der Waals surface area (Å²) in [7, 11) is 0. The first-order chi connectivity index (χ1) is 15.9. The molecule has 1 aromatic carbocycles. The van der Waals surface area contributed by atoms with Crippen molar-refractivity contribution in [2.75, 3.05) is 24.7 Å². The van der Waals surface area contributed by atoms with Gasteiger partial charge in [0.05, 0.1) is 37.5 Å². The Hall–Kier alpha value is -3.99. The van der Waals surface area contributed by atoms with Gasteiger partial charge in [0, 0.05) is 23.6 Å². The van der Waals surface area contributed by atoms with E-state index in [0.717, 1.165) is 17.1 Å². The summed E-state index contributed by atoms with van der Waals surface area (Å²) in [4.78, 5) is 27.0. The van der Waals surface area contributed by atoms with Gasteiger partial charge in [0.2, 0.25) is 0 Å². The molecule has 0 spiro atoms. The second-order valence-corrected chi connectivity index (χ2v) is 7.41. The van der Waals surface area contributed by atoms with Crippen LogP contribution < -0.4 is 9.64 Å². The molecule has 0 saturated heterocycles. The maximum absolute atomic E-state index is 12.9. The molecule has 1 amide bonds. The van der Waals surface area contributed by atoms with Crippen molar-refractivity contribution in [3.8, 4) is 11.8 Å². The highest BCUT2D eigenvalue weighted by Gasteiger charge is 2.21. The minimum atomic E-state index is -0.575. The smallest absolute Gasteiger partial charge is 0.340 e. The van der Waals surface area contributed by atoms with Crippen molar-refractivity contribution >= 4 is 17.6 Å². The topological polar surface area (TPSA) is 97.7 Å². The highest BCUT2D eigenvalue weighted by atomic mass is 16.5. The van der Waals surface area contributed by atoms with E-state index in [1.165, 1.54) is 4.90 Å². The van der Waals surface area contributed by atoms with E-state index < -0.39 is 18.5 Å². The SMILES string of the molecule is CCOc1ccc(N(CCC#N)C(=O)COC(=O)c2cc(C)n(Cc3ccco3)c2C)cc1. The van der Waals surface area contributed by atoms with E-state index in [1.807, 2.05) is 43.5 Å². The number of aryl methyl sites for hydroxylation is 1. The number of furan rings is 1. The fraction of sp³-hybridized carbons (Fsp3) is 0.320. The number of benzene rings is 1. The number of nitriles is 1. The number of carbonyl (C=O) groups excluding carboxylic acids is 2. The molecule has 0 bridgehead atoms. The van der Waals surface area contributed by atoms with Gasteiger partial charge < -0.3 is 23.4 Å². The molecule has 0 atom stereocenters. The van der Waals surface area contributed by atoms with Crippen molar-refractivity contribution in [3.63, 3.8) is 0 Å². The predicted molar refractivity (Wildman–Crippen MR) is 122 cm³/mol. The summed E-state index contributed by atoms with van der Waals surface area (Å²) < 4.78 is 18.1. The quantitative estimate of drug-likeness (QED) is 0.429. The van der Waals surface area contributed by atoms with Gasteiger partial charge in [-0.2, -0.15) is 5.26 Å². The summed E-state index contributed by atoms with van der Waals surface area (Å²) >= 11 is 0. The van der Waals surface area contributed by atoms with Crippen LogP contribution in [0.2, 0.25) is 0 Å². The molecule has 3 rings (SSSR count). The summed E-state index contributed by atoms with van der Waals surface area (Å²) in [6.45, 7) is 6.41. The highest BCUT2D eigenvalue weighted by molar-refractivity contribution is 5.97. The van der Waals surface area contributed by atoms with Crippen LogP contribution >= 0.6 is 0 Å². The first kappa shape index (κ1) is 23.7. The molecular weight excluding hydrogens is 422 g/mol. The molecule has 3 aromatic rings. The third-order valence-electron chi connectivity index (χ3n) is 5.22. The molecule has 0 radical (unpaired) electrons. The zero-order valence-electron chi connectivity index (χ0n) is 19.0. The van der Waals surface area contributed by atoms with Crippen LogP contribution in [0.25, 0.3) is 0 Å². The van der Waals surface area contributed by atoms with Gasteiger partial charge >= 0.3 is 5.97 Å². The molecule has 0 aliphatic heterocycles. The average molecular weight is 450 g/mol. The molecule has 0 N–H and O–H groups in total. The van der Waals surface area contributed by atoms with Crippen molar-refractivity contribution in [2.45, 2.75) is 33.7 Å². The molecule has 0 aliphatic carbocycles. The van der Waals surface area contributed by atoms with Crippen LogP contribution in [-0.2, 0) is 16.1 Å². The van der Waals surface area contributed by atoms with Crippen molar-refractivity contribution in [1.82, 2.24) is 4.57 Å². The second-order valence-electron chi connectivity index (χ2n) is 7.41. The predicted octanol–water partition coefficient (Wildman–Crippen LogP) is 4.25. The highest BCUT2D eigenvalue weighted by Crippen LogP contribution is 2.21. The molecule has 2 heterocycles. The van der Waals surface area contributed by atoms with Crippen LogP contribution in [0.15, 0.2) is 53.1 Å². The molecule has 2 aromatic heterocycles. The maximum atomic E-state index is 12.9. The van der Waals surface area contributed by atoms with E-state index in [2.05, 4.69) is 0 Å². The van der Waals surface area contributed by atoms with Gasteiger partial charge in [-0.3, -0.25) is 4.79 Å². The van der Waals surface area contributed by atoms with Gasteiger partial charge in [-0.1, -0.05) is 0 Å². The van der Waals surface area contributed by atoms with Crippen LogP contribution in [0.1, 0.15) is 40.9 Å². The van der Waals surface area contributed by atoms with Crippen LogP contribution in [0, 0.1) is 25.2 Å². The van der Waals surface area contributed by atoms with Gasteiger partial charge in [0.25, 0.3) is 5.91 Å². The summed E-state index contributed by atoms with van der Waals surface area (Å²) in [6.07, 6.45) is 1.76. The zero-order chi connectivity index (χ0) is 23.8. The van der Waals surface area contributed by atoms with E-state index in [-0.39, 0.29) is 13.0 Å². The number of ether oxygens (including phenoxy) is 2. The standard InChI is InChI=1S/C25H27N3O5/c1-4-31-21-10-8-20(9-11-21)27(13-6-12-26)24(29)17-33-25(30)23-15-18(2)28(19(23)3)16-22-7-5-14-32-22/h5,7-11,14-15H,4,6,13,16-17H2,1-3H3. The minimum Gasteiger partial charge on any atom is -0.494 e.